The summed E-state index contributed by atoms with van der Waals surface area (Å²) in [6.07, 6.45) is 1.63. The van der Waals surface area contributed by atoms with Crippen molar-refractivity contribution in [2.24, 2.45) is 0 Å². The number of aromatic hydroxyl groups is 1. The van der Waals surface area contributed by atoms with Gasteiger partial charge in [0.05, 0.1) is 4.92 Å². The van der Waals surface area contributed by atoms with Crippen LogP contribution in [0.2, 0.25) is 0 Å². The number of nitrogens with zero attached hydrogens (tertiary/aromatic N) is 2. The zero-order valence-electron chi connectivity index (χ0n) is 11.2. The van der Waals surface area contributed by atoms with Crippen molar-refractivity contribution in [2.75, 3.05) is 20.1 Å². The standard InChI is InChI=1S/C13H17N3O4/c1-15-6-4-9(5-7-15)14-13(18)11-8-10(17)2-3-12(11)16(19)20/h2-3,8-9,17H,4-7H2,1H3,(H,14,18). The normalized spacial score (nSPS) is 16.9. The predicted octanol–water partition coefficient (Wildman–Crippen LogP) is 1.12. The fourth-order valence-electron chi connectivity index (χ4n) is 2.28. The second kappa shape index (κ2) is 5.87. The van der Waals surface area contributed by atoms with Crippen LogP contribution < -0.4 is 5.32 Å². The second-order valence-electron chi connectivity index (χ2n) is 5.01. The van der Waals surface area contributed by atoms with E-state index in [0.717, 1.165) is 38.1 Å². The van der Waals surface area contributed by atoms with Crippen LogP contribution in [-0.4, -0.2) is 47.0 Å². The van der Waals surface area contributed by atoms with E-state index in [9.17, 15) is 20.0 Å². The third-order valence-corrected chi connectivity index (χ3v) is 3.48. The molecule has 1 saturated heterocycles. The van der Waals surface area contributed by atoms with Crippen molar-refractivity contribution < 1.29 is 14.8 Å². The monoisotopic (exact) mass is 279 g/mol. The summed E-state index contributed by atoms with van der Waals surface area (Å²) >= 11 is 0. The van der Waals surface area contributed by atoms with Crippen LogP contribution in [0.4, 0.5) is 5.69 Å². The zero-order valence-corrected chi connectivity index (χ0v) is 11.2. The smallest absolute Gasteiger partial charge is 0.282 e. The lowest BCUT2D eigenvalue weighted by atomic mass is 10.0. The Morgan fingerprint density at radius 1 is 1.45 bits per heavy atom. The van der Waals surface area contributed by atoms with Gasteiger partial charge in [-0.2, -0.15) is 0 Å². The van der Waals surface area contributed by atoms with Gasteiger partial charge < -0.3 is 15.3 Å². The summed E-state index contributed by atoms with van der Waals surface area (Å²) in [4.78, 5) is 24.6. The molecule has 0 radical (unpaired) electrons. The molecular formula is C13H17N3O4. The zero-order chi connectivity index (χ0) is 14.7. The van der Waals surface area contributed by atoms with Gasteiger partial charge in [0, 0.05) is 12.1 Å². The van der Waals surface area contributed by atoms with E-state index >= 15 is 0 Å². The molecule has 1 aromatic rings. The third kappa shape index (κ3) is 3.24. The van der Waals surface area contributed by atoms with E-state index in [-0.39, 0.29) is 23.0 Å². The van der Waals surface area contributed by atoms with Crippen molar-refractivity contribution in [1.82, 2.24) is 10.2 Å². The number of nitro groups is 1. The van der Waals surface area contributed by atoms with Gasteiger partial charge in [0.2, 0.25) is 0 Å². The quantitative estimate of drug-likeness (QED) is 0.638. The van der Waals surface area contributed by atoms with Crippen molar-refractivity contribution >= 4 is 11.6 Å². The number of carbonyl (C=O) groups is 1. The van der Waals surface area contributed by atoms with Crippen LogP contribution >= 0.6 is 0 Å². The maximum absolute atomic E-state index is 12.1. The highest BCUT2D eigenvalue weighted by atomic mass is 16.6. The van der Waals surface area contributed by atoms with Crippen LogP contribution in [0.1, 0.15) is 23.2 Å². The Kier molecular flexibility index (Phi) is 4.19. The largest absolute Gasteiger partial charge is 0.508 e. The van der Waals surface area contributed by atoms with E-state index in [1.165, 1.54) is 6.07 Å². The second-order valence-corrected chi connectivity index (χ2v) is 5.01. The highest BCUT2D eigenvalue weighted by Gasteiger charge is 2.24. The molecule has 0 unspecified atom stereocenters. The lowest BCUT2D eigenvalue weighted by Crippen LogP contribution is -2.43. The van der Waals surface area contributed by atoms with E-state index in [0.29, 0.717) is 0 Å². The lowest BCUT2D eigenvalue weighted by molar-refractivity contribution is -0.385. The number of rotatable bonds is 3. The van der Waals surface area contributed by atoms with Gasteiger partial charge in [-0.1, -0.05) is 0 Å². The Bertz CT molecular complexity index is 524. The third-order valence-electron chi connectivity index (χ3n) is 3.48. The van der Waals surface area contributed by atoms with Crippen LogP contribution in [0, 0.1) is 10.1 Å². The maximum Gasteiger partial charge on any atom is 0.282 e. The van der Waals surface area contributed by atoms with Crippen LogP contribution in [0.15, 0.2) is 18.2 Å². The number of piperidine rings is 1. The summed E-state index contributed by atoms with van der Waals surface area (Å²) in [6.45, 7) is 1.76. The van der Waals surface area contributed by atoms with Crippen molar-refractivity contribution in [2.45, 2.75) is 18.9 Å². The molecule has 7 nitrogen and oxygen atoms in total. The number of nitrogens with one attached hydrogen (secondary N) is 1. The average molecular weight is 279 g/mol. The molecule has 1 aliphatic rings. The number of amides is 1. The number of carbonyl (C=O) groups excluding carboxylic acids is 1. The number of hydrogen-bond donors (Lipinski definition) is 2. The van der Waals surface area contributed by atoms with Crippen molar-refractivity contribution in [3.63, 3.8) is 0 Å². The Labute approximate surface area is 116 Å². The molecule has 2 N–H and O–H groups in total. The highest BCUT2D eigenvalue weighted by molar-refractivity contribution is 5.98. The molecule has 1 aromatic carbocycles. The molecule has 0 aliphatic carbocycles. The SMILES string of the molecule is CN1CCC(NC(=O)c2cc(O)ccc2[N+](=O)[O-])CC1. The molecule has 0 spiro atoms. The number of hydrogen-bond acceptors (Lipinski definition) is 5. The average Bonchev–Trinajstić information content (AvgIpc) is 2.41. The fraction of sp³-hybridized carbons (Fsp3) is 0.462. The minimum absolute atomic E-state index is 0.0145. The van der Waals surface area contributed by atoms with Crippen molar-refractivity contribution in [3.8, 4) is 5.75 Å². The molecular weight excluding hydrogens is 262 g/mol. The topological polar surface area (TPSA) is 95.7 Å². The first-order valence-electron chi connectivity index (χ1n) is 6.44. The molecule has 0 saturated carbocycles. The van der Waals surface area contributed by atoms with Gasteiger partial charge in [0.1, 0.15) is 11.3 Å². The molecule has 0 aromatic heterocycles. The van der Waals surface area contributed by atoms with E-state index in [1.807, 2.05) is 7.05 Å². The highest BCUT2D eigenvalue weighted by Crippen LogP contribution is 2.23. The summed E-state index contributed by atoms with van der Waals surface area (Å²) in [5, 5.41) is 23.1. The molecule has 1 heterocycles. The minimum Gasteiger partial charge on any atom is -0.508 e. The minimum atomic E-state index is -0.622. The van der Waals surface area contributed by atoms with E-state index in [1.54, 1.807) is 0 Å². The predicted molar refractivity (Wildman–Crippen MR) is 72.7 cm³/mol. The first-order valence-corrected chi connectivity index (χ1v) is 6.44. The molecule has 0 atom stereocenters. The molecule has 0 bridgehead atoms. The molecule has 108 valence electrons. The van der Waals surface area contributed by atoms with Crippen molar-refractivity contribution in [1.29, 1.82) is 0 Å². The number of likely N-dealkylation sites (tertiary alicyclic amines) is 1. The van der Waals surface area contributed by atoms with Crippen LogP contribution in [0.5, 0.6) is 5.75 Å². The van der Waals surface area contributed by atoms with Crippen LogP contribution in [0.25, 0.3) is 0 Å². The number of benzene rings is 1. The molecule has 7 heteroatoms. The van der Waals surface area contributed by atoms with Gasteiger partial charge in [-0.05, 0) is 45.1 Å². The Balaban J connectivity index is 2.12. The molecule has 1 amide bonds. The Morgan fingerprint density at radius 3 is 2.70 bits per heavy atom. The molecule has 20 heavy (non-hydrogen) atoms. The maximum atomic E-state index is 12.1. The van der Waals surface area contributed by atoms with Gasteiger partial charge in [-0.15, -0.1) is 0 Å². The number of phenolic OH excluding ortho intramolecular Hbond substituents is 1. The molecule has 1 aliphatic heterocycles. The molecule has 1 fully saturated rings. The summed E-state index contributed by atoms with van der Waals surface area (Å²) in [7, 11) is 2.01. The molecule has 2 rings (SSSR count). The van der Waals surface area contributed by atoms with Gasteiger partial charge in [-0.25, -0.2) is 0 Å². The number of nitro benzene ring substituents is 1. The Morgan fingerprint density at radius 2 is 2.10 bits per heavy atom. The van der Waals surface area contributed by atoms with Crippen LogP contribution in [0.3, 0.4) is 0 Å². The first kappa shape index (κ1) is 14.3. The lowest BCUT2D eigenvalue weighted by Gasteiger charge is -2.29. The summed E-state index contributed by atoms with van der Waals surface area (Å²) in [5.41, 5.74) is -0.401. The Hall–Kier alpha value is -2.15. The summed E-state index contributed by atoms with van der Waals surface area (Å²) < 4.78 is 0. The summed E-state index contributed by atoms with van der Waals surface area (Å²) in [6, 6.07) is 3.48. The van der Waals surface area contributed by atoms with Crippen LogP contribution in [-0.2, 0) is 0 Å². The van der Waals surface area contributed by atoms with Gasteiger partial charge in [0.15, 0.2) is 0 Å². The number of phenols is 1. The fourth-order valence-corrected chi connectivity index (χ4v) is 2.28. The first-order chi connectivity index (χ1) is 9.47. The van der Waals surface area contributed by atoms with Crippen molar-refractivity contribution in [3.05, 3.63) is 33.9 Å². The van der Waals surface area contributed by atoms with E-state index in [2.05, 4.69) is 10.2 Å². The van der Waals surface area contributed by atoms with Gasteiger partial charge in [-0.3, -0.25) is 14.9 Å². The van der Waals surface area contributed by atoms with E-state index in [4.69, 9.17) is 0 Å². The van der Waals surface area contributed by atoms with Gasteiger partial charge >= 0.3 is 0 Å². The van der Waals surface area contributed by atoms with Gasteiger partial charge in [0.25, 0.3) is 11.6 Å². The van der Waals surface area contributed by atoms with E-state index < -0.39 is 10.8 Å². The summed E-state index contributed by atoms with van der Waals surface area (Å²) in [5.74, 6) is -0.675.